The molecular weight excluding hydrogens is 366 g/mol. The molecule has 1 heterocycles. The second kappa shape index (κ2) is 8.55. The van der Waals surface area contributed by atoms with E-state index in [1.807, 2.05) is 37.3 Å². The summed E-state index contributed by atoms with van der Waals surface area (Å²) in [5.41, 5.74) is 1.94. The van der Waals surface area contributed by atoms with Crippen LogP contribution in [0.3, 0.4) is 0 Å². The molecule has 0 aliphatic rings. The lowest BCUT2D eigenvalue weighted by molar-refractivity contribution is 0.0691. The molecule has 2 aromatic carbocycles. The molecule has 3 aromatic rings. The summed E-state index contributed by atoms with van der Waals surface area (Å²) in [5, 5.41) is 11.1. The number of carboxylic acids is 1. The zero-order valence-corrected chi connectivity index (χ0v) is 15.8. The fourth-order valence-electron chi connectivity index (χ4n) is 2.44. The number of methoxy groups -OCH3 is 1. The molecule has 1 N–H and O–H groups in total. The Labute approximate surface area is 161 Å². The summed E-state index contributed by atoms with van der Waals surface area (Å²) < 4.78 is 16.8. The van der Waals surface area contributed by atoms with Gasteiger partial charge in [0.2, 0.25) is 0 Å². The van der Waals surface area contributed by atoms with Crippen molar-refractivity contribution < 1.29 is 24.1 Å². The number of benzene rings is 2. The second-order valence-electron chi connectivity index (χ2n) is 5.72. The quantitative estimate of drug-likeness (QED) is 0.583. The minimum atomic E-state index is -1.04. The van der Waals surface area contributed by atoms with E-state index in [-0.39, 0.29) is 5.69 Å². The molecule has 0 fully saturated rings. The van der Waals surface area contributed by atoms with E-state index in [1.165, 1.54) is 16.7 Å². The molecule has 0 aliphatic carbocycles. The van der Waals surface area contributed by atoms with Crippen LogP contribution in [0, 0.1) is 6.92 Å². The zero-order valence-electron chi connectivity index (χ0n) is 15.0. The smallest absolute Gasteiger partial charge is 0.355 e. The predicted molar refractivity (Wildman–Crippen MR) is 103 cm³/mol. The maximum Gasteiger partial charge on any atom is 0.355 e. The number of thiazole rings is 1. The molecule has 0 radical (unpaired) electrons. The van der Waals surface area contributed by atoms with Crippen LogP contribution in [0.5, 0.6) is 17.2 Å². The highest BCUT2D eigenvalue weighted by Gasteiger charge is 2.13. The largest absolute Gasteiger partial charge is 0.493 e. The summed E-state index contributed by atoms with van der Waals surface area (Å²) >= 11 is 1.27. The summed E-state index contributed by atoms with van der Waals surface area (Å²) in [4.78, 5) is 15.1. The van der Waals surface area contributed by atoms with E-state index in [9.17, 15) is 4.79 Å². The normalized spacial score (nSPS) is 10.4. The Morgan fingerprint density at radius 1 is 1.11 bits per heavy atom. The Morgan fingerprint density at radius 2 is 1.93 bits per heavy atom. The lowest BCUT2D eigenvalue weighted by Gasteiger charge is -2.12. The fourth-order valence-corrected chi connectivity index (χ4v) is 3.23. The maximum atomic E-state index is 11.0. The Bertz CT molecular complexity index is 938. The summed E-state index contributed by atoms with van der Waals surface area (Å²) in [7, 11) is 1.56. The van der Waals surface area contributed by atoms with E-state index in [1.54, 1.807) is 19.2 Å². The predicted octanol–water partition coefficient (Wildman–Crippen LogP) is 4.28. The monoisotopic (exact) mass is 385 g/mol. The average Bonchev–Trinajstić information content (AvgIpc) is 3.16. The van der Waals surface area contributed by atoms with Gasteiger partial charge in [0.25, 0.3) is 0 Å². The van der Waals surface area contributed by atoms with Crippen molar-refractivity contribution in [1.82, 2.24) is 4.98 Å². The van der Waals surface area contributed by atoms with E-state index in [4.69, 9.17) is 19.3 Å². The van der Waals surface area contributed by atoms with Gasteiger partial charge in [0.1, 0.15) is 24.0 Å². The standard InChI is InChI=1S/C20H19NO5S/c1-13-4-3-5-15(10-13)25-8-9-26-17-7-6-14(11-18(17)24-2)19-21-16(12-27-19)20(22)23/h3-7,10-12H,8-9H2,1-2H3,(H,22,23). The number of nitrogens with zero attached hydrogens (tertiary/aromatic N) is 1. The summed E-state index contributed by atoms with van der Waals surface area (Å²) in [6.07, 6.45) is 0. The number of hydrogen-bond donors (Lipinski definition) is 1. The van der Waals surface area contributed by atoms with E-state index < -0.39 is 5.97 Å². The number of ether oxygens (including phenoxy) is 3. The highest BCUT2D eigenvalue weighted by atomic mass is 32.1. The molecule has 0 aliphatic heterocycles. The van der Waals surface area contributed by atoms with Gasteiger partial charge in [0.15, 0.2) is 17.2 Å². The van der Waals surface area contributed by atoms with Crippen LogP contribution in [0.25, 0.3) is 10.6 Å². The molecule has 0 saturated carbocycles. The van der Waals surface area contributed by atoms with Gasteiger partial charge in [0, 0.05) is 10.9 Å². The number of aromatic carboxylic acids is 1. The van der Waals surface area contributed by atoms with E-state index in [0.717, 1.165) is 16.9 Å². The van der Waals surface area contributed by atoms with Crippen LogP contribution in [0.4, 0.5) is 0 Å². The topological polar surface area (TPSA) is 77.9 Å². The molecule has 7 heteroatoms. The molecule has 0 saturated heterocycles. The molecular formula is C20H19NO5S. The van der Waals surface area contributed by atoms with Crippen LogP contribution >= 0.6 is 11.3 Å². The first-order valence-electron chi connectivity index (χ1n) is 8.26. The zero-order chi connectivity index (χ0) is 19.2. The molecule has 0 unspecified atom stereocenters. The van der Waals surface area contributed by atoms with Gasteiger partial charge in [-0.05, 0) is 42.8 Å². The molecule has 0 spiro atoms. The van der Waals surface area contributed by atoms with Crippen LogP contribution in [-0.4, -0.2) is 36.4 Å². The first kappa shape index (κ1) is 18.7. The average molecular weight is 385 g/mol. The molecule has 0 amide bonds. The number of aryl methyl sites for hydroxylation is 1. The Kier molecular flexibility index (Phi) is 5.93. The van der Waals surface area contributed by atoms with Gasteiger partial charge in [-0.3, -0.25) is 0 Å². The minimum Gasteiger partial charge on any atom is -0.493 e. The van der Waals surface area contributed by atoms with Gasteiger partial charge in [-0.25, -0.2) is 9.78 Å². The van der Waals surface area contributed by atoms with Crippen LogP contribution in [0.2, 0.25) is 0 Å². The van der Waals surface area contributed by atoms with Crippen molar-refractivity contribution in [2.75, 3.05) is 20.3 Å². The number of carboxylic acid groups (broad SMARTS) is 1. The Balaban J connectivity index is 1.62. The highest BCUT2D eigenvalue weighted by Crippen LogP contribution is 2.33. The lowest BCUT2D eigenvalue weighted by Crippen LogP contribution is -2.09. The van der Waals surface area contributed by atoms with Gasteiger partial charge < -0.3 is 19.3 Å². The van der Waals surface area contributed by atoms with Crippen molar-refractivity contribution >= 4 is 17.3 Å². The first-order chi connectivity index (χ1) is 13.1. The van der Waals surface area contributed by atoms with Crippen molar-refractivity contribution in [3.05, 3.63) is 59.1 Å². The van der Waals surface area contributed by atoms with Crippen LogP contribution in [-0.2, 0) is 0 Å². The molecule has 0 atom stereocenters. The van der Waals surface area contributed by atoms with Crippen molar-refractivity contribution in [3.8, 4) is 27.8 Å². The minimum absolute atomic E-state index is 0.0302. The third kappa shape index (κ3) is 4.77. The van der Waals surface area contributed by atoms with Gasteiger partial charge in [-0.2, -0.15) is 0 Å². The van der Waals surface area contributed by atoms with Crippen molar-refractivity contribution in [3.63, 3.8) is 0 Å². The van der Waals surface area contributed by atoms with Gasteiger partial charge in [0.05, 0.1) is 7.11 Å². The summed E-state index contributed by atoms with van der Waals surface area (Å²) in [6.45, 7) is 2.78. The number of rotatable bonds is 8. The van der Waals surface area contributed by atoms with Crippen LogP contribution in [0.1, 0.15) is 16.1 Å². The molecule has 0 bridgehead atoms. The van der Waals surface area contributed by atoms with Crippen molar-refractivity contribution in [2.45, 2.75) is 6.92 Å². The van der Waals surface area contributed by atoms with E-state index >= 15 is 0 Å². The first-order valence-corrected chi connectivity index (χ1v) is 9.14. The fraction of sp³-hybridized carbons (Fsp3) is 0.200. The third-order valence-corrected chi connectivity index (χ3v) is 4.62. The highest BCUT2D eigenvalue weighted by molar-refractivity contribution is 7.13. The Hall–Kier alpha value is -3.06. The van der Waals surface area contributed by atoms with Crippen molar-refractivity contribution in [2.24, 2.45) is 0 Å². The third-order valence-electron chi connectivity index (χ3n) is 3.73. The molecule has 3 rings (SSSR count). The second-order valence-corrected chi connectivity index (χ2v) is 6.58. The number of carbonyl (C=O) groups is 1. The Morgan fingerprint density at radius 3 is 2.63 bits per heavy atom. The molecule has 1 aromatic heterocycles. The molecule has 6 nitrogen and oxygen atoms in total. The molecule has 140 valence electrons. The van der Waals surface area contributed by atoms with Crippen LogP contribution < -0.4 is 14.2 Å². The number of hydrogen-bond acceptors (Lipinski definition) is 6. The van der Waals surface area contributed by atoms with Gasteiger partial charge in [-0.15, -0.1) is 11.3 Å². The maximum absolute atomic E-state index is 11.0. The van der Waals surface area contributed by atoms with Gasteiger partial charge >= 0.3 is 5.97 Å². The number of aromatic nitrogens is 1. The van der Waals surface area contributed by atoms with Crippen molar-refractivity contribution in [1.29, 1.82) is 0 Å². The lowest BCUT2D eigenvalue weighted by atomic mass is 10.2. The van der Waals surface area contributed by atoms with E-state index in [0.29, 0.717) is 29.7 Å². The summed E-state index contributed by atoms with van der Waals surface area (Å²) in [5.74, 6) is 0.899. The SMILES string of the molecule is COc1cc(-c2nc(C(=O)O)cs2)ccc1OCCOc1cccc(C)c1. The van der Waals surface area contributed by atoms with Crippen LogP contribution in [0.15, 0.2) is 47.8 Å². The van der Waals surface area contributed by atoms with Gasteiger partial charge in [-0.1, -0.05) is 12.1 Å². The summed E-state index contributed by atoms with van der Waals surface area (Å²) in [6, 6.07) is 13.2. The molecule has 27 heavy (non-hydrogen) atoms. The van der Waals surface area contributed by atoms with E-state index in [2.05, 4.69) is 4.98 Å².